The summed E-state index contributed by atoms with van der Waals surface area (Å²) in [5, 5.41) is 7.30. The standard InChI is InChI=1S/C48H35N5O/c1-3-14-32(15-4-1)33-16-11-17-34(28-33)42-31-43(50-46(49-42)36-19-13-21-38(30-36)48-52-41-25-8-10-27-45(41)54-48)35-18-12-20-37(29-35)47-51-40-24-7-9-26-44(40)53(47)39-22-5-2-6-23-39/h1-31,47-48,51-52H. The number of hydrogen-bond donors (Lipinski definition) is 2. The van der Waals surface area contributed by atoms with Gasteiger partial charge >= 0.3 is 0 Å². The number of aromatic nitrogens is 2. The van der Waals surface area contributed by atoms with Gasteiger partial charge in [-0.2, -0.15) is 0 Å². The topological polar surface area (TPSA) is 62.3 Å². The molecule has 0 fully saturated rings. The highest BCUT2D eigenvalue weighted by Gasteiger charge is 2.31. The van der Waals surface area contributed by atoms with Crippen LogP contribution in [0.25, 0.3) is 45.0 Å². The summed E-state index contributed by atoms with van der Waals surface area (Å²) >= 11 is 0. The molecule has 0 aliphatic carbocycles. The first kappa shape index (κ1) is 31.5. The number of nitrogens with one attached hydrogen (secondary N) is 2. The number of nitrogens with zero attached hydrogens (tertiary/aromatic N) is 3. The smallest absolute Gasteiger partial charge is 0.196 e. The molecule has 6 heteroatoms. The average Bonchev–Trinajstić information content (AvgIpc) is 3.87. The van der Waals surface area contributed by atoms with Gasteiger partial charge in [-0.05, 0) is 77.4 Å². The number of rotatable bonds is 7. The van der Waals surface area contributed by atoms with E-state index in [-0.39, 0.29) is 12.4 Å². The lowest BCUT2D eigenvalue weighted by atomic mass is 10.00. The molecule has 2 aliphatic heterocycles. The normalized spacial score (nSPS) is 15.4. The minimum Gasteiger partial charge on any atom is -0.464 e. The Bertz CT molecular complexity index is 2600. The second-order valence-corrected chi connectivity index (χ2v) is 13.6. The zero-order valence-corrected chi connectivity index (χ0v) is 29.3. The lowest BCUT2D eigenvalue weighted by molar-refractivity contribution is 0.260. The molecule has 7 aromatic carbocycles. The second kappa shape index (κ2) is 13.4. The number of anilines is 4. The fraction of sp³-hybridized carbons (Fsp3) is 0.0417. The summed E-state index contributed by atoms with van der Waals surface area (Å²) < 4.78 is 6.29. The fourth-order valence-corrected chi connectivity index (χ4v) is 7.47. The van der Waals surface area contributed by atoms with E-state index in [2.05, 4.69) is 167 Å². The third-order valence-electron chi connectivity index (χ3n) is 10.1. The predicted molar refractivity (Wildman–Crippen MR) is 219 cm³/mol. The molecule has 2 unspecified atom stereocenters. The number of para-hydroxylation sites is 5. The molecule has 0 spiro atoms. The summed E-state index contributed by atoms with van der Waals surface area (Å²) in [6.45, 7) is 0. The quantitative estimate of drug-likeness (QED) is 0.173. The van der Waals surface area contributed by atoms with E-state index in [1.54, 1.807) is 0 Å². The van der Waals surface area contributed by atoms with Crippen LogP contribution >= 0.6 is 0 Å². The van der Waals surface area contributed by atoms with Gasteiger partial charge in [0.25, 0.3) is 0 Å². The van der Waals surface area contributed by atoms with Crippen molar-refractivity contribution in [2.24, 2.45) is 0 Å². The molecular formula is C48H35N5O. The third kappa shape index (κ3) is 5.90. The van der Waals surface area contributed by atoms with Gasteiger partial charge in [0, 0.05) is 27.9 Å². The Balaban J connectivity index is 1.07. The van der Waals surface area contributed by atoms with Crippen molar-refractivity contribution in [3.63, 3.8) is 0 Å². The number of fused-ring (bicyclic) bond motifs is 2. The molecule has 0 bridgehead atoms. The molecule has 0 radical (unpaired) electrons. The molecule has 10 rings (SSSR count). The molecule has 1 aromatic heterocycles. The van der Waals surface area contributed by atoms with Crippen molar-refractivity contribution in [3.05, 3.63) is 199 Å². The van der Waals surface area contributed by atoms with Gasteiger partial charge in [0.05, 0.1) is 28.5 Å². The largest absolute Gasteiger partial charge is 0.464 e. The highest BCUT2D eigenvalue weighted by atomic mass is 16.5. The average molecular weight is 698 g/mol. The van der Waals surface area contributed by atoms with E-state index in [1.807, 2.05) is 36.4 Å². The Hall–Kier alpha value is -7.18. The molecule has 54 heavy (non-hydrogen) atoms. The van der Waals surface area contributed by atoms with Gasteiger partial charge in [-0.1, -0.05) is 127 Å². The highest BCUT2D eigenvalue weighted by molar-refractivity contribution is 5.84. The van der Waals surface area contributed by atoms with E-state index >= 15 is 0 Å². The molecular weight excluding hydrogens is 663 g/mol. The molecule has 0 amide bonds. The van der Waals surface area contributed by atoms with Gasteiger partial charge in [0.15, 0.2) is 12.1 Å². The van der Waals surface area contributed by atoms with Crippen LogP contribution in [0, 0.1) is 0 Å². The fourth-order valence-electron chi connectivity index (χ4n) is 7.47. The van der Waals surface area contributed by atoms with Crippen molar-refractivity contribution in [1.29, 1.82) is 0 Å². The van der Waals surface area contributed by atoms with Crippen LogP contribution in [-0.2, 0) is 0 Å². The van der Waals surface area contributed by atoms with Gasteiger partial charge in [-0.25, -0.2) is 9.97 Å². The monoisotopic (exact) mass is 697 g/mol. The molecule has 6 nitrogen and oxygen atoms in total. The van der Waals surface area contributed by atoms with Gasteiger partial charge in [-0.3, -0.25) is 0 Å². The maximum absolute atomic E-state index is 6.29. The van der Waals surface area contributed by atoms with E-state index < -0.39 is 0 Å². The molecule has 258 valence electrons. The second-order valence-electron chi connectivity index (χ2n) is 13.6. The van der Waals surface area contributed by atoms with E-state index in [1.165, 1.54) is 0 Å². The van der Waals surface area contributed by atoms with Gasteiger partial charge in [-0.15, -0.1) is 0 Å². The van der Waals surface area contributed by atoms with E-state index in [0.717, 1.165) is 78.8 Å². The SMILES string of the molecule is c1ccc(-c2cccc(-c3cc(-c4cccc(C5Nc6ccccc6N5c5ccccc5)c4)nc(-c4cccc(C5Nc6ccccc6O5)c4)n3)c2)cc1. The molecule has 0 saturated heterocycles. The zero-order valence-electron chi connectivity index (χ0n) is 29.3. The van der Waals surface area contributed by atoms with Crippen LogP contribution in [0.5, 0.6) is 5.75 Å². The number of ether oxygens (including phenoxy) is 1. The lowest BCUT2D eigenvalue weighted by Crippen LogP contribution is -2.23. The zero-order chi connectivity index (χ0) is 35.8. The lowest BCUT2D eigenvalue weighted by Gasteiger charge is -2.27. The predicted octanol–water partition coefficient (Wildman–Crippen LogP) is 11.9. The Morgan fingerprint density at radius 1 is 0.444 bits per heavy atom. The molecule has 2 aliphatic rings. The van der Waals surface area contributed by atoms with Crippen molar-refractivity contribution < 1.29 is 4.74 Å². The van der Waals surface area contributed by atoms with Crippen molar-refractivity contribution in [3.8, 4) is 50.8 Å². The van der Waals surface area contributed by atoms with Crippen molar-refractivity contribution >= 4 is 22.7 Å². The Labute approximate surface area is 314 Å². The summed E-state index contributed by atoms with van der Waals surface area (Å²) in [7, 11) is 0. The summed E-state index contributed by atoms with van der Waals surface area (Å²) in [4.78, 5) is 12.9. The van der Waals surface area contributed by atoms with Gasteiger partial charge < -0.3 is 20.3 Å². The first-order chi connectivity index (χ1) is 26.7. The maximum Gasteiger partial charge on any atom is 0.196 e. The van der Waals surface area contributed by atoms with E-state index in [4.69, 9.17) is 14.7 Å². The van der Waals surface area contributed by atoms with E-state index in [0.29, 0.717) is 5.82 Å². The first-order valence-electron chi connectivity index (χ1n) is 18.2. The maximum atomic E-state index is 6.29. The van der Waals surface area contributed by atoms with Crippen molar-refractivity contribution in [2.75, 3.05) is 15.5 Å². The summed E-state index contributed by atoms with van der Waals surface area (Å²) in [5.41, 5.74) is 13.4. The summed E-state index contributed by atoms with van der Waals surface area (Å²) in [6.07, 6.45) is -0.410. The minimum atomic E-state index is -0.306. The van der Waals surface area contributed by atoms with Gasteiger partial charge in [0.2, 0.25) is 0 Å². The number of benzene rings is 7. The highest BCUT2D eigenvalue weighted by Crippen LogP contribution is 2.46. The summed E-state index contributed by atoms with van der Waals surface area (Å²) in [5.74, 6) is 1.49. The van der Waals surface area contributed by atoms with Crippen LogP contribution in [0.1, 0.15) is 23.5 Å². The number of hydrogen-bond acceptors (Lipinski definition) is 6. The van der Waals surface area contributed by atoms with Crippen LogP contribution in [0.3, 0.4) is 0 Å². The first-order valence-corrected chi connectivity index (χ1v) is 18.2. The minimum absolute atomic E-state index is 0.104. The van der Waals surface area contributed by atoms with Crippen molar-refractivity contribution in [1.82, 2.24) is 9.97 Å². The van der Waals surface area contributed by atoms with Crippen LogP contribution in [0.15, 0.2) is 188 Å². The van der Waals surface area contributed by atoms with Crippen LogP contribution in [-0.4, -0.2) is 9.97 Å². The molecule has 0 saturated carbocycles. The van der Waals surface area contributed by atoms with Crippen LogP contribution in [0.4, 0.5) is 22.7 Å². The Morgan fingerprint density at radius 3 is 1.83 bits per heavy atom. The molecule has 2 N–H and O–H groups in total. The molecule has 3 heterocycles. The van der Waals surface area contributed by atoms with Crippen molar-refractivity contribution in [2.45, 2.75) is 12.4 Å². The van der Waals surface area contributed by atoms with Crippen LogP contribution in [0.2, 0.25) is 0 Å². The molecule has 2 atom stereocenters. The Morgan fingerprint density at radius 2 is 1.04 bits per heavy atom. The van der Waals surface area contributed by atoms with Crippen LogP contribution < -0.4 is 20.3 Å². The molecule has 8 aromatic rings. The van der Waals surface area contributed by atoms with Gasteiger partial charge in [0.1, 0.15) is 11.9 Å². The summed E-state index contributed by atoms with van der Waals surface area (Å²) in [6, 6.07) is 65.2. The third-order valence-corrected chi connectivity index (χ3v) is 10.1. The Kier molecular flexibility index (Phi) is 7.84. The van der Waals surface area contributed by atoms with E-state index in [9.17, 15) is 0 Å².